The summed E-state index contributed by atoms with van der Waals surface area (Å²) in [5, 5.41) is 3.64. The van der Waals surface area contributed by atoms with Crippen molar-refractivity contribution in [3.8, 4) is 0 Å². The van der Waals surface area contributed by atoms with Gasteiger partial charge in [0.15, 0.2) is 0 Å². The second-order valence-electron chi connectivity index (χ2n) is 4.13. The highest BCUT2D eigenvalue weighted by Crippen LogP contribution is 2.32. The molecular weight excluding hydrogens is 166 g/mol. The van der Waals surface area contributed by atoms with E-state index in [1.54, 1.807) is 0 Å². The molecule has 0 spiro atoms. The third kappa shape index (κ3) is 2.98. The zero-order chi connectivity index (χ0) is 9.03. The maximum atomic E-state index is 3.64. The van der Waals surface area contributed by atoms with Crippen molar-refractivity contribution in [1.29, 1.82) is 0 Å². The zero-order valence-electron chi connectivity index (χ0n) is 8.52. The van der Waals surface area contributed by atoms with Crippen molar-refractivity contribution in [3.05, 3.63) is 0 Å². The number of unbranched alkanes of at least 4 members (excludes halogenated alkanes) is 1. The third-order valence-corrected chi connectivity index (χ3v) is 4.24. The van der Waals surface area contributed by atoms with Gasteiger partial charge in [0, 0.05) is 0 Å². The second kappa shape index (κ2) is 4.52. The molecule has 12 heavy (non-hydrogen) atoms. The summed E-state index contributed by atoms with van der Waals surface area (Å²) in [5.74, 6) is 2.18. The smallest absolute Gasteiger partial charge is 0.0616 e. The minimum atomic E-state index is 0.377. The molecule has 2 unspecified atom stereocenters. The highest BCUT2D eigenvalue weighted by Gasteiger charge is 2.28. The first-order chi connectivity index (χ1) is 5.66. The van der Waals surface area contributed by atoms with Gasteiger partial charge in [0.25, 0.3) is 0 Å². The first kappa shape index (κ1) is 10.4. The van der Waals surface area contributed by atoms with Crippen molar-refractivity contribution in [2.24, 2.45) is 5.92 Å². The molecule has 0 aromatic heterocycles. The summed E-state index contributed by atoms with van der Waals surface area (Å²) in [6, 6.07) is 0. The summed E-state index contributed by atoms with van der Waals surface area (Å²) < 4.78 is 0. The fourth-order valence-corrected chi connectivity index (χ4v) is 2.75. The minimum absolute atomic E-state index is 0.377. The molecule has 1 heterocycles. The molecule has 2 heteroatoms. The molecule has 1 fully saturated rings. The standard InChI is InChI=1S/C10H21NS/c1-4-5-6-10(3)11-7-9(2)8-12-10/h9,11H,4-8H2,1-3H3. The molecule has 0 bridgehead atoms. The van der Waals surface area contributed by atoms with Gasteiger partial charge in [0.1, 0.15) is 0 Å². The largest absolute Gasteiger partial charge is 0.303 e. The van der Waals surface area contributed by atoms with Gasteiger partial charge in [0.2, 0.25) is 0 Å². The Morgan fingerprint density at radius 2 is 2.33 bits per heavy atom. The Kier molecular flexibility index (Phi) is 3.91. The Morgan fingerprint density at radius 1 is 1.58 bits per heavy atom. The summed E-state index contributed by atoms with van der Waals surface area (Å²) >= 11 is 2.10. The van der Waals surface area contributed by atoms with Crippen LogP contribution in [0.5, 0.6) is 0 Å². The van der Waals surface area contributed by atoms with Gasteiger partial charge in [0.05, 0.1) is 4.87 Å². The Hall–Kier alpha value is 0.310. The highest BCUT2D eigenvalue weighted by atomic mass is 32.2. The lowest BCUT2D eigenvalue weighted by Gasteiger charge is -2.37. The fraction of sp³-hybridized carbons (Fsp3) is 1.00. The quantitative estimate of drug-likeness (QED) is 0.729. The average molecular weight is 187 g/mol. The molecule has 0 aliphatic carbocycles. The van der Waals surface area contributed by atoms with E-state index in [0.717, 1.165) is 5.92 Å². The van der Waals surface area contributed by atoms with E-state index in [1.165, 1.54) is 31.6 Å². The zero-order valence-corrected chi connectivity index (χ0v) is 9.34. The lowest BCUT2D eigenvalue weighted by Crippen LogP contribution is -2.46. The van der Waals surface area contributed by atoms with E-state index in [-0.39, 0.29) is 0 Å². The third-order valence-electron chi connectivity index (χ3n) is 2.52. The van der Waals surface area contributed by atoms with E-state index in [2.05, 4.69) is 37.8 Å². The van der Waals surface area contributed by atoms with Gasteiger partial charge >= 0.3 is 0 Å². The van der Waals surface area contributed by atoms with Crippen LogP contribution in [0.4, 0.5) is 0 Å². The molecule has 2 atom stereocenters. The lowest BCUT2D eigenvalue weighted by molar-refractivity contribution is 0.403. The van der Waals surface area contributed by atoms with Crippen molar-refractivity contribution in [3.63, 3.8) is 0 Å². The normalized spacial score (nSPS) is 36.8. The average Bonchev–Trinajstić information content (AvgIpc) is 2.08. The van der Waals surface area contributed by atoms with Crippen LogP contribution in [0.1, 0.15) is 40.0 Å². The number of hydrogen-bond acceptors (Lipinski definition) is 2. The number of thioether (sulfide) groups is 1. The monoisotopic (exact) mass is 187 g/mol. The van der Waals surface area contributed by atoms with E-state index in [4.69, 9.17) is 0 Å². The van der Waals surface area contributed by atoms with Crippen LogP contribution >= 0.6 is 11.8 Å². The predicted octanol–water partition coefficient (Wildman–Crippen LogP) is 2.87. The molecule has 1 saturated heterocycles. The summed E-state index contributed by atoms with van der Waals surface area (Å²) in [7, 11) is 0. The molecule has 0 amide bonds. The second-order valence-corrected chi connectivity index (χ2v) is 5.65. The Morgan fingerprint density at radius 3 is 2.83 bits per heavy atom. The summed E-state index contributed by atoms with van der Waals surface area (Å²) in [6.07, 6.45) is 3.99. The van der Waals surface area contributed by atoms with Crippen LogP contribution in [0.2, 0.25) is 0 Å². The summed E-state index contributed by atoms with van der Waals surface area (Å²) in [4.78, 5) is 0.377. The van der Waals surface area contributed by atoms with Gasteiger partial charge in [-0.2, -0.15) is 0 Å². The molecule has 72 valence electrons. The molecule has 0 radical (unpaired) electrons. The molecule has 0 saturated carbocycles. The topological polar surface area (TPSA) is 12.0 Å². The van der Waals surface area contributed by atoms with Gasteiger partial charge in [-0.3, -0.25) is 0 Å². The number of hydrogen-bond donors (Lipinski definition) is 1. The van der Waals surface area contributed by atoms with Crippen molar-refractivity contribution in [2.75, 3.05) is 12.3 Å². The number of rotatable bonds is 3. The molecule has 1 aliphatic heterocycles. The minimum Gasteiger partial charge on any atom is -0.303 e. The van der Waals surface area contributed by atoms with Gasteiger partial charge in [-0.05, 0) is 31.6 Å². The predicted molar refractivity (Wildman–Crippen MR) is 57.6 cm³/mol. The van der Waals surface area contributed by atoms with E-state index in [0.29, 0.717) is 4.87 Å². The molecule has 1 N–H and O–H groups in total. The van der Waals surface area contributed by atoms with E-state index in [1.807, 2.05) is 0 Å². The van der Waals surface area contributed by atoms with Crippen molar-refractivity contribution < 1.29 is 0 Å². The Labute approximate surface area is 80.7 Å². The van der Waals surface area contributed by atoms with Crippen LogP contribution in [-0.2, 0) is 0 Å². The van der Waals surface area contributed by atoms with E-state index in [9.17, 15) is 0 Å². The van der Waals surface area contributed by atoms with Crippen LogP contribution in [0, 0.1) is 5.92 Å². The summed E-state index contributed by atoms with van der Waals surface area (Å²) in [6.45, 7) is 8.13. The maximum Gasteiger partial charge on any atom is 0.0616 e. The Bertz CT molecular complexity index is 122. The lowest BCUT2D eigenvalue weighted by atomic mass is 10.1. The molecule has 1 rings (SSSR count). The first-order valence-electron chi connectivity index (χ1n) is 5.05. The van der Waals surface area contributed by atoms with Crippen LogP contribution in [0.3, 0.4) is 0 Å². The highest BCUT2D eigenvalue weighted by molar-refractivity contribution is 8.00. The van der Waals surface area contributed by atoms with Crippen LogP contribution in [0.25, 0.3) is 0 Å². The first-order valence-corrected chi connectivity index (χ1v) is 6.04. The van der Waals surface area contributed by atoms with Crippen LogP contribution < -0.4 is 5.32 Å². The fourth-order valence-electron chi connectivity index (χ4n) is 1.50. The SMILES string of the molecule is CCCCC1(C)NCC(C)CS1. The van der Waals surface area contributed by atoms with Gasteiger partial charge in [-0.25, -0.2) is 0 Å². The van der Waals surface area contributed by atoms with Crippen molar-refractivity contribution >= 4 is 11.8 Å². The molecular formula is C10H21NS. The maximum absolute atomic E-state index is 3.64. The van der Waals surface area contributed by atoms with E-state index >= 15 is 0 Å². The molecule has 0 aromatic carbocycles. The van der Waals surface area contributed by atoms with Gasteiger partial charge in [-0.1, -0.05) is 26.7 Å². The van der Waals surface area contributed by atoms with E-state index < -0.39 is 0 Å². The Balaban J connectivity index is 2.29. The van der Waals surface area contributed by atoms with Crippen LogP contribution in [0.15, 0.2) is 0 Å². The molecule has 1 nitrogen and oxygen atoms in total. The van der Waals surface area contributed by atoms with Crippen molar-refractivity contribution in [1.82, 2.24) is 5.32 Å². The summed E-state index contributed by atoms with van der Waals surface area (Å²) in [5.41, 5.74) is 0. The van der Waals surface area contributed by atoms with Crippen LogP contribution in [-0.4, -0.2) is 17.2 Å². The number of nitrogens with one attached hydrogen (secondary N) is 1. The molecule has 1 aliphatic rings. The van der Waals surface area contributed by atoms with Crippen molar-refractivity contribution in [2.45, 2.75) is 44.9 Å². The molecule has 0 aromatic rings. The van der Waals surface area contributed by atoms with Gasteiger partial charge in [-0.15, -0.1) is 11.8 Å². The van der Waals surface area contributed by atoms with Gasteiger partial charge < -0.3 is 5.32 Å².